The summed E-state index contributed by atoms with van der Waals surface area (Å²) in [6.45, 7) is 0.339. The van der Waals surface area contributed by atoms with Gasteiger partial charge in [-0.05, 0) is 17.7 Å². The average molecular weight is 220 g/mol. The smallest absolute Gasteiger partial charge is 0.162 e. The van der Waals surface area contributed by atoms with Crippen molar-refractivity contribution in [2.24, 2.45) is 0 Å². The number of benzene rings is 2. The summed E-state index contributed by atoms with van der Waals surface area (Å²) in [5.41, 5.74) is 0.979. The predicted octanol–water partition coefficient (Wildman–Crippen LogP) is 3.54. The van der Waals surface area contributed by atoms with Gasteiger partial charge in [-0.15, -0.1) is 0 Å². The average Bonchev–Trinajstić information content (AvgIpc) is 2.32. The highest BCUT2D eigenvalue weighted by atomic mass is 19.2. The van der Waals surface area contributed by atoms with Gasteiger partial charge < -0.3 is 4.74 Å². The molecule has 82 valence electrons. The molecule has 3 heteroatoms. The van der Waals surface area contributed by atoms with E-state index in [-0.39, 0.29) is 0 Å². The van der Waals surface area contributed by atoms with E-state index in [1.165, 1.54) is 6.07 Å². The topological polar surface area (TPSA) is 9.23 Å². The first-order chi connectivity index (χ1) is 7.75. The molecule has 0 unspecified atom stereocenters. The normalized spacial score (nSPS) is 10.1. The third kappa shape index (κ3) is 2.57. The van der Waals surface area contributed by atoms with E-state index >= 15 is 0 Å². The van der Waals surface area contributed by atoms with Gasteiger partial charge in [0.05, 0.1) is 0 Å². The Morgan fingerprint density at radius 2 is 1.62 bits per heavy atom. The standard InChI is InChI=1S/C13H10F2O/c14-12-7-6-11(8-13(12)15)16-9-10-4-2-1-3-5-10/h1-8H,9H2. The molecule has 0 N–H and O–H groups in total. The highest BCUT2D eigenvalue weighted by Gasteiger charge is 2.03. The Morgan fingerprint density at radius 1 is 0.875 bits per heavy atom. The van der Waals surface area contributed by atoms with Crippen molar-refractivity contribution in [2.45, 2.75) is 6.61 Å². The lowest BCUT2D eigenvalue weighted by Gasteiger charge is -2.06. The van der Waals surface area contributed by atoms with Crippen LogP contribution in [0.2, 0.25) is 0 Å². The molecule has 0 aliphatic carbocycles. The van der Waals surface area contributed by atoms with Crippen molar-refractivity contribution in [1.82, 2.24) is 0 Å². The highest BCUT2D eigenvalue weighted by Crippen LogP contribution is 2.16. The van der Waals surface area contributed by atoms with Crippen LogP contribution >= 0.6 is 0 Å². The maximum absolute atomic E-state index is 12.8. The van der Waals surface area contributed by atoms with Crippen molar-refractivity contribution in [2.75, 3.05) is 0 Å². The van der Waals surface area contributed by atoms with Gasteiger partial charge in [0, 0.05) is 6.07 Å². The van der Waals surface area contributed by atoms with Crippen LogP contribution in [0.4, 0.5) is 8.78 Å². The first-order valence-corrected chi connectivity index (χ1v) is 4.87. The Bertz CT molecular complexity index is 469. The summed E-state index contributed by atoms with van der Waals surface area (Å²) in [7, 11) is 0. The maximum atomic E-state index is 12.8. The summed E-state index contributed by atoms with van der Waals surface area (Å²) in [5, 5.41) is 0. The molecule has 2 aromatic carbocycles. The van der Waals surface area contributed by atoms with Gasteiger partial charge in [0.1, 0.15) is 12.4 Å². The van der Waals surface area contributed by atoms with E-state index < -0.39 is 11.6 Å². The first kappa shape index (κ1) is 10.6. The van der Waals surface area contributed by atoms with Gasteiger partial charge in [0.25, 0.3) is 0 Å². The summed E-state index contributed by atoms with van der Waals surface area (Å²) < 4.78 is 30.8. The number of ether oxygens (including phenoxy) is 1. The molecule has 0 aliphatic rings. The summed E-state index contributed by atoms with van der Waals surface area (Å²) >= 11 is 0. The van der Waals surface area contributed by atoms with Gasteiger partial charge in [-0.1, -0.05) is 30.3 Å². The molecule has 0 spiro atoms. The van der Waals surface area contributed by atoms with Crippen LogP contribution in [0, 0.1) is 11.6 Å². The number of hydrogen-bond acceptors (Lipinski definition) is 1. The second-order valence-electron chi connectivity index (χ2n) is 3.35. The SMILES string of the molecule is Fc1ccc(OCc2ccccc2)cc1F. The third-order valence-electron chi connectivity index (χ3n) is 2.14. The molecular formula is C13H10F2O. The van der Waals surface area contributed by atoms with Crippen molar-refractivity contribution < 1.29 is 13.5 Å². The lowest BCUT2D eigenvalue weighted by molar-refractivity contribution is 0.303. The predicted molar refractivity (Wildman–Crippen MR) is 57.1 cm³/mol. The van der Waals surface area contributed by atoms with Gasteiger partial charge in [-0.25, -0.2) is 8.78 Å². The van der Waals surface area contributed by atoms with E-state index in [1.807, 2.05) is 30.3 Å². The van der Waals surface area contributed by atoms with Crippen molar-refractivity contribution in [3.63, 3.8) is 0 Å². The van der Waals surface area contributed by atoms with Crippen LogP contribution in [-0.4, -0.2) is 0 Å². The Morgan fingerprint density at radius 3 is 2.31 bits per heavy atom. The van der Waals surface area contributed by atoms with Crippen molar-refractivity contribution >= 4 is 0 Å². The van der Waals surface area contributed by atoms with Crippen LogP contribution < -0.4 is 4.74 Å². The van der Waals surface area contributed by atoms with Gasteiger partial charge in [0.2, 0.25) is 0 Å². The fourth-order valence-electron chi connectivity index (χ4n) is 1.31. The minimum absolute atomic E-state index is 0.322. The van der Waals surface area contributed by atoms with Gasteiger partial charge in [-0.2, -0.15) is 0 Å². The zero-order valence-corrected chi connectivity index (χ0v) is 8.49. The Kier molecular flexibility index (Phi) is 3.15. The second-order valence-corrected chi connectivity index (χ2v) is 3.35. The van der Waals surface area contributed by atoms with E-state index in [1.54, 1.807) is 0 Å². The van der Waals surface area contributed by atoms with Gasteiger partial charge in [0.15, 0.2) is 11.6 Å². The molecule has 0 heterocycles. The van der Waals surface area contributed by atoms with Gasteiger partial charge in [-0.3, -0.25) is 0 Å². The molecule has 0 saturated heterocycles. The highest BCUT2D eigenvalue weighted by molar-refractivity contribution is 5.24. The Balaban J connectivity index is 2.03. The van der Waals surface area contributed by atoms with E-state index in [2.05, 4.69) is 0 Å². The van der Waals surface area contributed by atoms with Crippen molar-refractivity contribution in [3.05, 3.63) is 65.7 Å². The van der Waals surface area contributed by atoms with E-state index in [0.717, 1.165) is 17.7 Å². The third-order valence-corrected chi connectivity index (χ3v) is 2.14. The molecule has 0 bridgehead atoms. The molecule has 1 nitrogen and oxygen atoms in total. The van der Waals surface area contributed by atoms with Crippen LogP contribution in [0.1, 0.15) is 5.56 Å². The molecule has 2 aromatic rings. The Hall–Kier alpha value is -1.90. The number of hydrogen-bond donors (Lipinski definition) is 0. The van der Waals surface area contributed by atoms with Crippen LogP contribution in [0.3, 0.4) is 0 Å². The minimum atomic E-state index is -0.898. The molecule has 0 fully saturated rings. The van der Waals surface area contributed by atoms with E-state index in [9.17, 15) is 8.78 Å². The molecule has 16 heavy (non-hydrogen) atoms. The zero-order valence-electron chi connectivity index (χ0n) is 8.49. The largest absolute Gasteiger partial charge is 0.489 e. The first-order valence-electron chi connectivity index (χ1n) is 4.87. The fourth-order valence-corrected chi connectivity index (χ4v) is 1.31. The second kappa shape index (κ2) is 4.75. The summed E-state index contributed by atoms with van der Waals surface area (Å²) in [5.74, 6) is -1.44. The molecule has 0 aliphatic heterocycles. The zero-order chi connectivity index (χ0) is 11.4. The molecule has 0 saturated carbocycles. The summed E-state index contributed by atoms with van der Waals surface area (Å²) in [4.78, 5) is 0. The van der Waals surface area contributed by atoms with Gasteiger partial charge >= 0.3 is 0 Å². The van der Waals surface area contributed by atoms with Crippen LogP contribution in [0.25, 0.3) is 0 Å². The fraction of sp³-hybridized carbons (Fsp3) is 0.0769. The molecule has 0 aromatic heterocycles. The monoisotopic (exact) mass is 220 g/mol. The van der Waals surface area contributed by atoms with E-state index in [4.69, 9.17) is 4.74 Å². The van der Waals surface area contributed by atoms with E-state index in [0.29, 0.717) is 12.4 Å². The molecule has 0 radical (unpaired) electrons. The number of rotatable bonds is 3. The summed E-state index contributed by atoms with van der Waals surface area (Å²) in [6.07, 6.45) is 0. The van der Waals surface area contributed by atoms with Crippen LogP contribution in [-0.2, 0) is 6.61 Å². The lowest BCUT2D eigenvalue weighted by atomic mass is 10.2. The lowest BCUT2D eigenvalue weighted by Crippen LogP contribution is -1.96. The van der Waals surface area contributed by atoms with Crippen LogP contribution in [0.5, 0.6) is 5.75 Å². The quantitative estimate of drug-likeness (QED) is 0.768. The van der Waals surface area contributed by atoms with Crippen molar-refractivity contribution in [1.29, 1.82) is 0 Å². The number of halogens is 2. The van der Waals surface area contributed by atoms with Crippen molar-refractivity contribution in [3.8, 4) is 5.75 Å². The molecule has 0 amide bonds. The maximum Gasteiger partial charge on any atom is 0.162 e. The molecule has 2 rings (SSSR count). The minimum Gasteiger partial charge on any atom is -0.489 e. The van der Waals surface area contributed by atoms with Crippen LogP contribution in [0.15, 0.2) is 48.5 Å². The molecule has 0 atom stereocenters. The molecular weight excluding hydrogens is 210 g/mol. The summed E-state index contributed by atoms with van der Waals surface area (Å²) in [6, 6.07) is 13.0. The Labute approximate surface area is 92.3 Å².